The minimum atomic E-state index is 0.634. The van der Waals surface area contributed by atoms with E-state index in [0.717, 1.165) is 29.2 Å². The molecule has 0 aromatic heterocycles. The van der Waals surface area contributed by atoms with Crippen molar-refractivity contribution >= 4 is 17.1 Å². The monoisotopic (exact) mass is 371 g/mol. The van der Waals surface area contributed by atoms with Crippen molar-refractivity contribution in [1.29, 1.82) is 0 Å². The molecule has 3 heteroatoms. The van der Waals surface area contributed by atoms with Crippen LogP contribution in [0.3, 0.4) is 0 Å². The molecule has 0 fully saturated rings. The Morgan fingerprint density at radius 2 is 1.29 bits per heavy atom. The SMILES string of the molecule is C=COCCc1ccc(N(c2ccc(C)cc2)c2ccc(OC=C)cc2)cc1. The Hall–Kier alpha value is -3.46. The lowest BCUT2D eigenvalue weighted by atomic mass is 10.1. The molecule has 0 saturated carbocycles. The van der Waals surface area contributed by atoms with Crippen LogP contribution in [0.2, 0.25) is 0 Å². The van der Waals surface area contributed by atoms with Crippen molar-refractivity contribution in [2.75, 3.05) is 11.5 Å². The van der Waals surface area contributed by atoms with Gasteiger partial charge in [-0.15, -0.1) is 0 Å². The van der Waals surface area contributed by atoms with E-state index in [-0.39, 0.29) is 0 Å². The third kappa shape index (κ3) is 4.83. The Morgan fingerprint density at radius 3 is 1.82 bits per heavy atom. The van der Waals surface area contributed by atoms with Gasteiger partial charge in [-0.1, -0.05) is 43.0 Å². The van der Waals surface area contributed by atoms with Gasteiger partial charge in [-0.3, -0.25) is 0 Å². The number of benzene rings is 3. The standard InChI is InChI=1S/C25H25NO2/c1-4-27-19-18-21-8-12-23(13-9-21)26(22-10-6-20(3)7-11-22)24-14-16-25(17-15-24)28-5-2/h4-17H,1-2,18-19H2,3H3. The summed E-state index contributed by atoms with van der Waals surface area (Å²) in [6.45, 7) is 9.91. The highest BCUT2D eigenvalue weighted by Crippen LogP contribution is 2.35. The molecule has 0 N–H and O–H groups in total. The predicted molar refractivity (Wildman–Crippen MR) is 117 cm³/mol. The second kappa shape index (κ2) is 9.47. The summed E-state index contributed by atoms with van der Waals surface area (Å²) in [6.07, 6.45) is 3.76. The molecule has 3 aromatic rings. The van der Waals surface area contributed by atoms with Gasteiger partial charge in [0.05, 0.1) is 19.1 Å². The van der Waals surface area contributed by atoms with E-state index in [9.17, 15) is 0 Å². The Bertz CT molecular complexity index is 897. The van der Waals surface area contributed by atoms with Crippen LogP contribution >= 0.6 is 0 Å². The number of aryl methyl sites for hydroxylation is 1. The van der Waals surface area contributed by atoms with Gasteiger partial charge in [-0.25, -0.2) is 0 Å². The summed E-state index contributed by atoms with van der Waals surface area (Å²) in [6, 6.07) is 25.0. The number of anilines is 3. The van der Waals surface area contributed by atoms with Crippen molar-refractivity contribution in [3.63, 3.8) is 0 Å². The lowest BCUT2D eigenvalue weighted by Crippen LogP contribution is -2.10. The Kier molecular flexibility index (Phi) is 6.53. The maximum atomic E-state index is 5.36. The normalized spacial score (nSPS) is 10.2. The van der Waals surface area contributed by atoms with Gasteiger partial charge in [-0.05, 0) is 61.0 Å². The van der Waals surface area contributed by atoms with Gasteiger partial charge in [0.15, 0.2) is 0 Å². The Balaban J connectivity index is 1.93. The number of hydrogen-bond donors (Lipinski definition) is 0. The second-order valence-corrected chi connectivity index (χ2v) is 6.40. The molecular formula is C25H25NO2. The van der Waals surface area contributed by atoms with E-state index >= 15 is 0 Å². The molecule has 0 atom stereocenters. The molecule has 3 rings (SSSR count). The fourth-order valence-corrected chi connectivity index (χ4v) is 2.98. The molecule has 3 aromatic carbocycles. The van der Waals surface area contributed by atoms with E-state index in [4.69, 9.17) is 9.47 Å². The molecule has 0 unspecified atom stereocenters. The summed E-state index contributed by atoms with van der Waals surface area (Å²) in [5.41, 5.74) is 5.71. The fourth-order valence-electron chi connectivity index (χ4n) is 2.98. The number of rotatable bonds is 9. The largest absolute Gasteiger partial charge is 0.501 e. The molecule has 3 nitrogen and oxygen atoms in total. The van der Waals surface area contributed by atoms with Crippen molar-refractivity contribution in [1.82, 2.24) is 0 Å². The van der Waals surface area contributed by atoms with E-state index in [2.05, 4.69) is 73.5 Å². The molecule has 0 spiro atoms. The molecule has 28 heavy (non-hydrogen) atoms. The van der Waals surface area contributed by atoms with Crippen molar-refractivity contribution in [3.8, 4) is 5.75 Å². The van der Waals surface area contributed by atoms with Crippen molar-refractivity contribution in [3.05, 3.63) is 110 Å². The van der Waals surface area contributed by atoms with Crippen LogP contribution in [-0.4, -0.2) is 6.61 Å². The summed E-state index contributed by atoms with van der Waals surface area (Å²) < 4.78 is 10.6. The topological polar surface area (TPSA) is 21.7 Å². The molecule has 0 bridgehead atoms. The predicted octanol–water partition coefficient (Wildman–Crippen LogP) is 6.69. The lowest BCUT2D eigenvalue weighted by molar-refractivity contribution is 0.255. The van der Waals surface area contributed by atoms with Gasteiger partial charge in [0.1, 0.15) is 5.75 Å². The van der Waals surface area contributed by atoms with Crippen molar-refractivity contribution in [2.24, 2.45) is 0 Å². The summed E-state index contributed by atoms with van der Waals surface area (Å²) in [4.78, 5) is 2.22. The summed E-state index contributed by atoms with van der Waals surface area (Å²) in [5.74, 6) is 0.764. The first-order valence-electron chi connectivity index (χ1n) is 9.27. The van der Waals surface area contributed by atoms with Crippen molar-refractivity contribution < 1.29 is 9.47 Å². The highest BCUT2D eigenvalue weighted by Gasteiger charge is 2.12. The molecular weight excluding hydrogens is 346 g/mol. The first-order valence-corrected chi connectivity index (χ1v) is 9.27. The van der Waals surface area contributed by atoms with Crippen LogP contribution in [0.5, 0.6) is 5.75 Å². The average Bonchev–Trinajstić information content (AvgIpc) is 2.72. The highest BCUT2D eigenvalue weighted by atomic mass is 16.5. The number of hydrogen-bond acceptors (Lipinski definition) is 3. The Labute approximate surface area is 167 Å². The van der Waals surface area contributed by atoms with Crippen LogP contribution in [0.15, 0.2) is 98.5 Å². The van der Waals surface area contributed by atoms with Gasteiger partial charge in [-0.2, -0.15) is 0 Å². The molecule has 0 aliphatic heterocycles. The zero-order valence-electron chi connectivity index (χ0n) is 16.2. The van der Waals surface area contributed by atoms with Gasteiger partial charge in [0, 0.05) is 23.5 Å². The van der Waals surface area contributed by atoms with Crippen LogP contribution in [0, 0.1) is 6.92 Å². The fraction of sp³-hybridized carbons (Fsp3) is 0.120. The van der Waals surface area contributed by atoms with E-state index in [1.54, 1.807) is 0 Å². The van der Waals surface area contributed by atoms with Crippen LogP contribution in [0.4, 0.5) is 17.1 Å². The quantitative estimate of drug-likeness (QED) is 0.309. The molecule has 0 radical (unpaired) electrons. The molecule has 0 amide bonds. The summed E-state index contributed by atoms with van der Waals surface area (Å²) >= 11 is 0. The number of nitrogens with zero attached hydrogens (tertiary/aromatic N) is 1. The highest BCUT2D eigenvalue weighted by molar-refractivity contribution is 5.76. The van der Waals surface area contributed by atoms with Crippen LogP contribution < -0.4 is 9.64 Å². The lowest BCUT2D eigenvalue weighted by Gasteiger charge is -2.26. The maximum absolute atomic E-state index is 5.36. The van der Waals surface area contributed by atoms with Crippen LogP contribution in [-0.2, 0) is 11.2 Å². The number of ether oxygens (including phenoxy) is 2. The molecule has 0 saturated heterocycles. The Morgan fingerprint density at radius 1 is 0.750 bits per heavy atom. The zero-order chi connectivity index (χ0) is 19.8. The summed E-state index contributed by atoms with van der Waals surface area (Å²) in [7, 11) is 0. The zero-order valence-corrected chi connectivity index (χ0v) is 16.2. The van der Waals surface area contributed by atoms with Gasteiger partial charge in [0.2, 0.25) is 0 Å². The van der Waals surface area contributed by atoms with Crippen LogP contribution in [0.25, 0.3) is 0 Å². The molecule has 0 aliphatic carbocycles. The molecule has 142 valence electrons. The van der Waals surface area contributed by atoms with Crippen LogP contribution in [0.1, 0.15) is 11.1 Å². The minimum absolute atomic E-state index is 0.634. The van der Waals surface area contributed by atoms with Gasteiger partial charge in [0.25, 0.3) is 0 Å². The minimum Gasteiger partial charge on any atom is -0.501 e. The molecule has 0 aliphatic rings. The first-order chi connectivity index (χ1) is 13.7. The van der Waals surface area contributed by atoms with Gasteiger partial charge < -0.3 is 14.4 Å². The second-order valence-electron chi connectivity index (χ2n) is 6.40. The van der Waals surface area contributed by atoms with Gasteiger partial charge >= 0.3 is 0 Å². The average molecular weight is 371 g/mol. The third-order valence-electron chi connectivity index (χ3n) is 4.43. The van der Waals surface area contributed by atoms with Crippen molar-refractivity contribution in [2.45, 2.75) is 13.3 Å². The smallest absolute Gasteiger partial charge is 0.126 e. The molecule has 0 heterocycles. The first kappa shape index (κ1) is 19.3. The van der Waals surface area contributed by atoms with E-state index < -0.39 is 0 Å². The van der Waals surface area contributed by atoms with E-state index in [1.165, 1.54) is 23.7 Å². The van der Waals surface area contributed by atoms with E-state index in [1.807, 2.05) is 24.3 Å². The van der Waals surface area contributed by atoms with E-state index in [0.29, 0.717) is 6.61 Å². The summed E-state index contributed by atoms with van der Waals surface area (Å²) in [5, 5.41) is 0. The third-order valence-corrected chi connectivity index (χ3v) is 4.43. The maximum Gasteiger partial charge on any atom is 0.126 e.